The largest absolute Gasteiger partial charge is 0.335 e. The zero-order valence-electron chi connectivity index (χ0n) is 15.1. The summed E-state index contributed by atoms with van der Waals surface area (Å²) in [6, 6.07) is 14.1. The molecule has 0 aliphatic heterocycles. The van der Waals surface area contributed by atoms with E-state index in [9.17, 15) is 9.18 Å². The van der Waals surface area contributed by atoms with Gasteiger partial charge in [-0.3, -0.25) is 0 Å². The fraction of sp³-hybridized carbons (Fsp3) is 0.250. The van der Waals surface area contributed by atoms with Crippen LogP contribution in [-0.2, 0) is 19.5 Å². The zero-order chi connectivity index (χ0) is 19.1. The van der Waals surface area contributed by atoms with Gasteiger partial charge < -0.3 is 10.6 Å². The molecule has 3 aromatic rings. The van der Waals surface area contributed by atoms with Gasteiger partial charge >= 0.3 is 6.03 Å². The number of nitrogens with zero attached hydrogens (tertiary/aromatic N) is 3. The predicted octanol–water partition coefficient (Wildman–Crippen LogP) is 2.90. The molecule has 2 aromatic carbocycles. The highest BCUT2D eigenvalue weighted by Gasteiger charge is 2.10. The first kappa shape index (κ1) is 18.6. The van der Waals surface area contributed by atoms with Crippen LogP contribution in [-0.4, -0.2) is 26.8 Å². The highest BCUT2D eigenvalue weighted by molar-refractivity contribution is 5.74. The molecule has 0 spiro atoms. The molecule has 1 unspecified atom stereocenters. The van der Waals surface area contributed by atoms with Gasteiger partial charge in [-0.25, -0.2) is 18.9 Å². The topological polar surface area (TPSA) is 71.8 Å². The number of rotatable bonds is 7. The Balaban J connectivity index is 1.44. The first-order valence-electron chi connectivity index (χ1n) is 8.78. The van der Waals surface area contributed by atoms with Gasteiger partial charge in [-0.15, -0.1) is 0 Å². The Morgan fingerprint density at radius 3 is 2.59 bits per heavy atom. The van der Waals surface area contributed by atoms with Crippen molar-refractivity contribution in [2.75, 3.05) is 0 Å². The number of amides is 2. The van der Waals surface area contributed by atoms with Gasteiger partial charge in [0.15, 0.2) is 0 Å². The van der Waals surface area contributed by atoms with Crippen LogP contribution in [0.5, 0.6) is 0 Å². The van der Waals surface area contributed by atoms with Crippen molar-refractivity contribution in [2.24, 2.45) is 0 Å². The van der Waals surface area contributed by atoms with E-state index in [4.69, 9.17) is 0 Å². The van der Waals surface area contributed by atoms with Crippen molar-refractivity contribution < 1.29 is 9.18 Å². The first-order valence-corrected chi connectivity index (χ1v) is 8.78. The summed E-state index contributed by atoms with van der Waals surface area (Å²) < 4.78 is 15.4. The van der Waals surface area contributed by atoms with Crippen LogP contribution in [0.3, 0.4) is 0 Å². The maximum atomic E-state index is 13.7. The standard InChI is InChI=1S/C20H22FN5O/c1-15(10-18-4-2-3-5-19(18)21)25-20(27)23-11-16-6-8-17(9-7-16)12-26-14-22-13-24-26/h2-9,13-15H,10-12H2,1H3,(H2,23,25,27). The van der Waals surface area contributed by atoms with E-state index < -0.39 is 0 Å². The Hall–Kier alpha value is -3.22. The summed E-state index contributed by atoms with van der Waals surface area (Å²) in [5, 5.41) is 9.73. The molecule has 0 aliphatic rings. The van der Waals surface area contributed by atoms with E-state index in [0.717, 1.165) is 11.1 Å². The Kier molecular flexibility index (Phi) is 6.14. The van der Waals surface area contributed by atoms with Gasteiger partial charge in [-0.1, -0.05) is 42.5 Å². The predicted molar refractivity (Wildman–Crippen MR) is 101 cm³/mol. The van der Waals surface area contributed by atoms with E-state index in [-0.39, 0.29) is 17.9 Å². The van der Waals surface area contributed by atoms with Crippen molar-refractivity contribution in [3.63, 3.8) is 0 Å². The van der Waals surface area contributed by atoms with Crippen molar-refractivity contribution in [1.82, 2.24) is 25.4 Å². The number of halogens is 1. The Morgan fingerprint density at radius 2 is 1.89 bits per heavy atom. The highest BCUT2D eigenvalue weighted by Crippen LogP contribution is 2.09. The van der Waals surface area contributed by atoms with Crippen LogP contribution in [0.25, 0.3) is 0 Å². The van der Waals surface area contributed by atoms with Gasteiger partial charge in [-0.05, 0) is 36.1 Å². The van der Waals surface area contributed by atoms with Gasteiger partial charge in [0.25, 0.3) is 0 Å². The smallest absolute Gasteiger partial charge is 0.315 e. The third-order valence-electron chi connectivity index (χ3n) is 4.15. The number of nitrogens with one attached hydrogen (secondary N) is 2. The van der Waals surface area contributed by atoms with E-state index >= 15 is 0 Å². The van der Waals surface area contributed by atoms with Gasteiger partial charge in [0, 0.05) is 12.6 Å². The summed E-state index contributed by atoms with van der Waals surface area (Å²) in [4.78, 5) is 16.0. The van der Waals surface area contributed by atoms with Crippen LogP contribution in [0.1, 0.15) is 23.6 Å². The van der Waals surface area contributed by atoms with Crippen molar-refractivity contribution in [1.29, 1.82) is 0 Å². The number of hydrogen-bond donors (Lipinski definition) is 2. The van der Waals surface area contributed by atoms with Gasteiger partial charge in [0.05, 0.1) is 6.54 Å². The molecule has 1 aromatic heterocycles. The molecule has 0 saturated carbocycles. The lowest BCUT2D eigenvalue weighted by molar-refractivity contribution is 0.237. The van der Waals surface area contributed by atoms with Crippen LogP contribution in [0.15, 0.2) is 61.2 Å². The molecule has 0 radical (unpaired) electrons. The van der Waals surface area contributed by atoms with Crippen LogP contribution < -0.4 is 10.6 Å². The maximum Gasteiger partial charge on any atom is 0.315 e. The van der Waals surface area contributed by atoms with Crippen LogP contribution in [0.4, 0.5) is 9.18 Å². The summed E-state index contributed by atoms with van der Waals surface area (Å²) in [6.45, 7) is 2.93. The average Bonchev–Trinajstić information content (AvgIpc) is 3.16. The van der Waals surface area contributed by atoms with Crippen molar-refractivity contribution in [3.05, 3.63) is 83.7 Å². The summed E-state index contributed by atoms with van der Waals surface area (Å²) in [5.41, 5.74) is 2.69. The normalized spacial score (nSPS) is 11.8. The zero-order valence-corrected chi connectivity index (χ0v) is 15.1. The molecule has 2 N–H and O–H groups in total. The summed E-state index contributed by atoms with van der Waals surface area (Å²) in [5.74, 6) is -0.252. The number of carbonyl (C=O) groups is 1. The van der Waals surface area contributed by atoms with Crippen LogP contribution in [0, 0.1) is 5.82 Å². The van der Waals surface area contributed by atoms with Crippen molar-refractivity contribution in [3.8, 4) is 0 Å². The number of carbonyl (C=O) groups excluding carboxylic acids is 1. The summed E-state index contributed by atoms with van der Waals surface area (Å²) in [7, 11) is 0. The fourth-order valence-electron chi connectivity index (χ4n) is 2.77. The number of hydrogen-bond acceptors (Lipinski definition) is 3. The number of urea groups is 1. The summed E-state index contributed by atoms with van der Waals surface area (Å²) >= 11 is 0. The molecule has 2 amide bonds. The van der Waals surface area contributed by atoms with Gasteiger partial charge in [-0.2, -0.15) is 5.10 Å². The van der Waals surface area contributed by atoms with Gasteiger partial charge in [0.1, 0.15) is 18.5 Å². The lowest BCUT2D eigenvalue weighted by Gasteiger charge is -2.15. The molecular weight excluding hydrogens is 345 g/mol. The SMILES string of the molecule is CC(Cc1ccccc1F)NC(=O)NCc1ccc(Cn2cncn2)cc1. The molecule has 6 nitrogen and oxygen atoms in total. The molecule has 0 aliphatic carbocycles. The van der Waals surface area contributed by atoms with Crippen LogP contribution >= 0.6 is 0 Å². The lowest BCUT2D eigenvalue weighted by Crippen LogP contribution is -2.41. The highest BCUT2D eigenvalue weighted by atomic mass is 19.1. The molecule has 1 heterocycles. The molecule has 0 saturated heterocycles. The molecule has 0 bridgehead atoms. The van der Waals surface area contributed by atoms with E-state index in [1.54, 1.807) is 29.2 Å². The lowest BCUT2D eigenvalue weighted by atomic mass is 10.1. The molecule has 3 rings (SSSR count). The summed E-state index contributed by atoms with van der Waals surface area (Å²) in [6.07, 6.45) is 3.61. The van der Waals surface area contributed by atoms with E-state index in [1.165, 1.54) is 12.4 Å². The minimum Gasteiger partial charge on any atom is -0.335 e. The third kappa shape index (κ3) is 5.64. The minimum absolute atomic E-state index is 0.174. The monoisotopic (exact) mass is 367 g/mol. The second kappa shape index (κ2) is 8.93. The third-order valence-corrected chi connectivity index (χ3v) is 4.15. The molecule has 140 valence electrons. The fourth-order valence-corrected chi connectivity index (χ4v) is 2.77. The van der Waals surface area contributed by atoms with Gasteiger partial charge in [0.2, 0.25) is 0 Å². The molecule has 27 heavy (non-hydrogen) atoms. The van der Waals surface area contributed by atoms with E-state index in [2.05, 4.69) is 20.7 Å². The second-order valence-electron chi connectivity index (χ2n) is 6.43. The quantitative estimate of drug-likeness (QED) is 0.674. The number of aromatic nitrogens is 3. The number of benzene rings is 2. The first-order chi connectivity index (χ1) is 13.1. The molecule has 1 atom stereocenters. The molecule has 0 fully saturated rings. The van der Waals surface area contributed by atoms with Crippen molar-refractivity contribution >= 4 is 6.03 Å². The Labute approximate surface area is 157 Å². The van der Waals surface area contributed by atoms with Crippen molar-refractivity contribution in [2.45, 2.75) is 32.5 Å². The van der Waals surface area contributed by atoms with E-state index in [1.807, 2.05) is 31.2 Å². The average molecular weight is 367 g/mol. The molecule has 7 heteroatoms. The molecular formula is C20H22FN5O. The Bertz CT molecular complexity index is 864. The minimum atomic E-state index is -0.273. The van der Waals surface area contributed by atoms with Crippen LogP contribution in [0.2, 0.25) is 0 Å². The van der Waals surface area contributed by atoms with E-state index in [0.29, 0.717) is 25.1 Å². The maximum absolute atomic E-state index is 13.7. The second-order valence-corrected chi connectivity index (χ2v) is 6.43. The Morgan fingerprint density at radius 1 is 1.15 bits per heavy atom.